The molecule has 0 spiro atoms. The summed E-state index contributed by atoms with van der Waals surface area (Å²) < 4.78 is 0. The molecular weight excluding hydrogens is 302 g/mol. The lowest BCUT2D eigenvalue weighted by Crippen LogP contribution is -2.33. The molecule has 0 aliphatic carbocycles. The summed E-state index contributed by atoms with van der Waals surface area (Å²) in [6.45, 7) is 6.23. The Morgan fingerprint density at radius 1 is 1.25 bits per heavy atom. The molecule has 2 amide bonds. The summed E-state index contributed by atoms with van der Waals surface area (Å²) >= 11 is 0. The SMILES string of the molecule is Cc1cc(C)c(NC(=O)N(C)CC[C@H](O)c2ccccc2)c(C)n1. The molecular formula is C19H25N3O2. The van der Waals surface area contributed by atoms with Crippen molar-refractivity contribution >= 4 is 11.7 Å². The van der Waals surface area contributed by atoms with Crippen LogP contribution in [-0.4, -0.2) is 34.6 Å². The fourth-order valence-electron chi connectivity index (χ4n) is 2.67. The number of rotatable bonds is 5. The maximum Gasteiger partial charge on any atom is 0.321 e. The number of hydrogen-bond donors (Lipinski definition) is 2. The molecule has 0 saturated carbocycles. The highest BCUT2D eigenvalue weighted by Gasteiger charge is 2.15. The zero-order valence-electron chi connectivity index (χ0n) is 14.7. The number of nitrogens with one attached hydrogen (secondary N) is 1. The van der Waals surface area contributed by atoms with Crippen molar-refractivity contribution in [2.24, 2.45) is 0 Å². The number of nitrogens with zero attached hydrogens (tertiary/aromatic N) is 2. The van der Waals surface area contributed by atoms with Gasteiger partial charge in [0.25, 0.3) is 0 Å². The van der Waals surface area contributed by atoms with Crippen LogP contribution in [0.15, 0.2) is 36.4 Å². The Morgan fingerprint density at radius 2 is 1.92 bits per heavy atom. The molecule has 1 heterocycles. The zero-order chi connectivity index (χ0) is 17.7. The summed E-state index contributed by atoms with van der Waals surface area (Å²) in [7, 11) is 1.72. The van der Waals surface area contributed by atoms with Gasteiger partial charge in [0.2, 0.25) is 0 Å². The van der Waals surface area contributed by atoms with Crippen LogP contribution in [-0.2, 0) is 0 Å². The van der Waals surface area contributed by atoms with E-state index < -0.39 is 6.10 Å². The minimum atomic E-state index is -0.578. The van der Waals surface area contributed by atoms with Gasteiger partial charge in [0.15, 0.2) is 0 Å². The Balaban J connectivity index is 1.93. The van der Waals surface area contributed by atoms with Crippen LogP contribution in [0.4, 0.5) is 10.5 Å². The number of hydrogen-bond acceptors (Lipinski definition) is 3. The first-order valence-electron chi connectivity index (χ1n) is 8.08. The molecule has 5 heteroatoms. The van der Waals surface area contributed by atoms with Crippen molar-refractivity contribution in [1.29, 1.82) is 0 Å². The van der Waals surface area contributed by atoms with Crippen LogP contribution < -0.4 is 5.32 Å². The highest BCUT2D eigenvalue weighted by atomic mass is 16.3. The van der Waals surface area contributed by atoms with Gasteiger partial charge in [0.1, 0.15) is 0 Å². The van der Waals surface area contributed by atoms with Crippen LogP contribution in [0.5, 0.6) is 0 Å². The van der Waals surface area contributed by atoms with E-state index in [0.29, 0.717) is 13.0 Å². The topological polar surface area (TPSA) is 65.5 Å². The molecule has 0 bridgehead atoms. The molecule has 1 aromatic heterocycles. The molecule has 0 unspecified atom stereocenters. The number of carbonyl (C=O) groups excluding carboxylic acids is 1. The average Bonchev–Trinajstić information content (AvgIpc) is 2.56. The largest absolute Gasteiger partial charge is 0.388 e. The Labute approximate surface area is 143 Å². The fraction of sp³-hybridized carbons (Fsp3) is 0.368. The highest BCUT2D eigenvalue weighted by molar-refractivity contribution is 5.90. The monoisotopic (exact) mass is 327 g/mol. The number of aliphatic hydroxyl groups excluding tert-OH is 1. The fourth-order valence-corrected chi connectivity index (χ4v) is 2.67. The van der Waals surface area contributed by atoms with E-state index in [0.717, 1.165) is 28.2 Å². The van der Waals surface area contributed by atoms with Gasteiger partial charge in [0.05, 0.1) is 17.5 Å². The van der Waals surface area contributed by atoms with E-state index in [-0.39, 0.29) is 6.03 Å². The molecule has 0 fully saturated rings. The summed E-state index contributed by atoms with van der Waals surface area (Å²) in [5, 5.41) is 13.1. The summed E-state index contributed by atoms with van der Waals surface area (Å²) in [5.74, 6) is 0. The number of urea groups is 1. The molecule has 128 valence electrons. The molecule has 24 heavy (non-hydrogen) atoms. The van der Waals surface area contributed by atoms with Gasteiger partial charge < -0.3 is 15.3 Å². The zero-order valence-corrected chi connectivity index (χ0v) is 14.7. The predicted molar refractivity (Wildman–Crippen MR) is 96.1 cm³/mol. The molecule has 0 radical (unpaired) electrons. The van der Waals surface area contributed by atoms with Crippen molar-refractivity contribution in [1.82, 2.24) is 9.88 Å². The summed E-state index contributed by atoms with van der Waals surface area (Å²) in [5.41, 5.74) is 4.34. The van der Waals surface area contributed by atoms with Crippen LogP contribution in [0.1, 0.15) is 35.0 Å². The number of amides is 2. The first-order valence-corrected chi connectivity index (χ1v) is 8.08. The number of aliphatic hydroxyl groups is 1. The van der Waals surface area contributed by atoms with Crippen LogP contribution in [0, 0.1) is 20.8 Å². The van der Waals surface area contributed by atoms with Gasteiger partial charge in [-0.3, -0.25) is 4.98 Å². The molecule has 2 N–H and O–H groups in total. The highest BCUT2D eigenvalue weighted by Crippen LogP contribution is 2.20. The van der Waals surface area contributed by atoms with E-state index >= 15 is 0 Å². The van der Waals surface area contributed by atoms with Gasteiger partial charge >= 0.3 is 6.03 Å². The second-order valence-corrected chi connectivity index (χ2v) is 6.11. The van der Waals surface area contributed by atoms with E-state index in [1.807, 2.05) is 57.2 Å². The van der Waals surface area contributed by atoms with Crippen molar-refractivity contribution < 1.29 is 9.90 Å². The first kappa shape index (κ1) is 17.9. The molecule has 1 atom stereocenters. The number of benzene rings is 1. The molecule has 0 aliphatic rings. The van der Waals surface area contributed by atoms with Gasteiger partial charge in [-0.15, -0.1) is 0 Å². The van der Waals surface area contributed by atoms with Crippen molar-refractivity contribution in [3.63, 3.8) is 0 Å². The number of aryl methyl sites for hydroxylation is 3. The minimum absolute atomic E-state index is 0.202. The second kappa shape index (κ2) is 7.93. The van der Waals surface area contributed by atoms with E-state index in [9.17, 15) is 9.90 Å². The lowest BCUT2D eigenvalue weighted by Gasteiger charge is -2.21. The van der Waals surface area contributed by atoms with Crippen molar-refractivity contribution in [2.45, 2.75) is 33.3 Å². The molecule has 0 aliphatic heterocycles. The van der Waals surface area contributed by atoms with Gasteiger partial charge in [-0.25, -0.2) is 4.79 Å². The van der Waals surface area contributed by atoms with Crippen LogP contribution in [0.2, 0.25) is 0 Å². The molecule has 1 aromatic carbocycles. The standard InChI is InChI=1S/C19H25N3O2/c1-13-12-14(2)20-15(3)18(13)21-19(24)22(4)11-10-17(23)16-8-6-5-7-9-16/h5-9,12,17,23H,10-11H2,1-4H3,(H,21,24)/t17-/m0/s1. The quantitative estimate of drug-likeness (QED) is 0.882. The Hall–Kier alpha value is -2.40. The molecule has 2 aromatic rings. The van der Waals surface area contributed by atoms with Crippen molar-refractivity contribution in [2.75, 3.05) is 18.9 Å². The maximum atomic E-state index is 12.4. The summed E-state index contributed by atoms with van der Waals surface area (Å²) in [4.78, 5) is 18.3. The van der Waals surface area contributed by atoms with Gasteiger partial charge in [-0.1, -0.05) is 30.3 Å². The van der Waals surface area contributed by atoms with E-state index in [4.69, 9.17) is 0 Å². The minimum Gasteiger partial charge on any atom is -0.388 e. The smallest absolute Gasteiger partial charge is 0.321 e. The number of aromatic nitrogens is 1. The van der Waals surface area contributed by atoms with Crippen LogP contribution in [0.3, 0.4) is 0 Å². The van der Waals surface area contributed by atoms with Crippen LogP contribution >= 0.6 is 0 Å². The third kappa shape index (κ3) is 4.55. The third-order valence-corrected chi connectivity index (χ3v) is 4.03. The summed E-state index contributed by atoms with van der Waals surface area (Å²) in [6, 6.07) is 11.2. The molecule has 2 rings (SSSR count). The van der Waals surface area contributed by atoms with Crippen molar-refractivity contribution in [3.05, 3.63) is 58.9 Å². The number of pyridine rings is 1. The Kier molecular flexibility index (Phi) is 5.93. The van der Waals surface area contributed by atoms with Crippen molar-refractivity contribution in [3.8, 4) is 0 Å². The summed E-state index contributed by atoms with van der Waals surface area (Å²) in [6.07, 6.45) is -0.0936. The predicted octanol–water partition coefficient (Wildman–Crippen LogP) is 3.59. The molecule has 0 saturated heterocycles. The second-order valence-electron chi connectivity index (χ2n) is 6.11. The van der Waals surface area contributed by atoms with Crippen LogP contribution in [0.25, 0.3) is 0 Å². The first-order chi connectivity index (χ1) is 11.4. The number of carbonyl (C=O) groups is 1. The molecule has 5 nitrogen and oxygen atoms in total. The van der Waals surface area contributed by atoms with Gasteiger partial charge in [0, 0.05) is 19.3 Å². The maximum absolute atomic E-state index is 12.4. The van der Waals surface area contributed by atoms with E-state index in [1.54, 1.807) is 11.9 Å². The number of anilines is 1. The van der Waals surface area contributed by atoms with Gasteiger partial charge in [-0.2, -0.15) is 0 Å². The van der Waals surface area contributed by atoms with Gasteiger partial charge in [-0.05, 0) is 44.4 Å². The Bertz CT molecular complexity index is 678. The van der Waals surface area contributed by atoms with E-state index in [2.05, 4.69) is 10.3 Å². The Morgan fingerprint density at radius 3 is 2.54 bits per heavy atom. The lowest BCUT2D eigenvalue weighted by atomic mass is 10.1. The average molecular weight is 327 g/mol. The van der Waals surface area contributed by atoms with E-state index in [1.165, 1.54) is 0 Å². The normalized spacial score (nSPS) is 11.9. The third-order valence-electron chi connectivity index (χ3n) is 4.03. The lowest BCUT2D eigenvalue weighted by molar-refractivity contribution is 0.152.